The summed E-state index contributed by atoms with van der Waals surface area (Å²) in [4.78, 5) is 2.69. The van der Waals surface area contributed by atoms with Crippen LogP contribution in [0.3, 0.4) is 0 Å². The molecule has 2 heterocycles. The van der Waals surface area contributed by atoms with Crippen LogP contribution in [0.25, 0.3) is 10.4 Å². The van der Waals surface area contributed by atoms with Crippen LogP contribution in [0.2, 0.25) is 0 Å². The van der Waals surface area contributed by atoms with E-state index in [0.29, 0.717) is 18.8 Å². The Balaban J connectivity index is 2.33. The maximum atomic E-state index is 11.3. The molecule has 1 aromatic rings. The molecule has 1 unspecified atom stereocenters. The molecule has 0 fully saturated rings. The van der Waals surface area contributed by atoms with E-state index in [1.54, 1.807) is 4.57 Å². The van der Waals surface area contributed by atoms with Crippen molar-refractivity contribution >= 4 is 10.0 Å². The van der Waals surface area contributed by atoms with Gasteiger partial charge in [-0.25, -0.2) is 4.57 Å². The van der Waals surface area contributed by atoms with Gasteiger partial charge in [0.2, 0.25) is 6.33 Å². The van der Waals surface area contributed by atoms with Crippen molar-refractivity contribution < 1.29 is 13.0 Å². The van der Waals surface area contributed by atoms with Crippen LogP contribution in [0.5, 0.6) is 0 Å². The van der Waals surface area contributed by atoms with Crippen LogP contribution in [-0.4, -0.2) is 30.4 Å². The first-order valence-corrected chi connectivity index (χ1v) is 6.58. The zero-order chi connectivity index (χ0) is 11.8. The number of aryl methyl sites for hydroxylation is 1. The van der Waals surface area contributed by atoms with Gasteiger partial charge in [0.25, 0.3) is 5.82 Å². The minimum absolute atomic E-state index is 0.0152. The van der Waals surface area contributed by atoms with Crippen molar-refractivity contribution in [2.75, 3.05) is 12.8 Å². The molecule has 0 aliphatic carbocycles. The minimum atomic E-state index is -3.34. The average Bonchev–Trinajstić information content (AvgIpc) is 2.73. The second-order valence-corrected chi connectivity index (χ2v) is 5.52. The minimum Gasteiger partial charge on any atom is -0.231 e. The van der Waals surface area contributed by atoms with Gasteiger partial charge >= 0.3 is 10.0 Å². The van der Waals surface area contributed by atoms with Gasteiger partial charge in [-0.05, 0) is 16.0 Å². The van der Waals surface area contributed by atoms with Crippen molar-refractivity contribution in [3.05, 3.63) is 22.6 Å². The monoisotopic (exact) mass is 243 g/mol. The lowest BCUT2D eigenvalue weighted by molar-refractivity contribution is -0.714. The van der Waals surface area contributed by atoms with E-state index in [-0.39, 0.29) is 6.04 Å². The molecule has 16 heavy (non-hydrogen) atoms. The van der Waals surface area contributed by atoms with Crippen LogP contribution in [0, 0.1) is 0 Å². The molecule has 1 aliphatic heterocycles. The van der Waals surface area contributed by atoms with Gasteiger partial charge in [0.1, 0.15) is 0 Å². The summed E-state index contributed by atoms with van der Waals surface area (Å²) < 4.78 is 25.2. The molecular weight excluding hydrogens is 232 g/mol. The fourth-order valence-electron chi connectivity index (χ4n) is 1.75. The van der Waals surface area contributed by atoms with E-state index in [9.17, 15) is 8.42 Å². The lowest BCUT2D eigenvalue weighted by atomic mass is 10.2. The molecule has 9 heteroatoms. The number of azide groups is 1. The Morgan fingerprint density at radius 2 is 2.56 bits per heavy atom. The summed E-state index contributed by atoms with van der Waals surface area (Å²) in [7, 11) is -3.34. The van der Waals surface area contributed by atoms with Crippen LogP contribution >= 0.6 is 0 Å². The van der Waals surface area contributed by atoms with Crippen molar-refractivity contribution in [2.24, 2.45) is 5.11 Å². The topological polar surface area (TPSA) is 105 Å². The summed E-state index contributed by atoms with van der Waals surface area (Å²) in [6.07, 6.45) is 4.06. The molecule has 0 spiro atoms. The lowest BCUT2D eigenvalue weighted by Gasteiger charge is -2.02. The molecule has 8 nitrogen and oxygen atoms in total. The van der Waals surface area contributed by atoms with Crippen LogP contribution in [0.4, 0.5) is 0 Å². The quantitative estimate of drug-likeness (QED) is 0.317. The van der Waals surface area contributed by atoms with E-state index in [4.69, 9.17) is 5.53 Å². The van der Waals surface area contributed by atoms with E-state index in [0.717, 1.165) is 16.8 Å². The predicted molar refractivity (Wildman–Crippen MR) is 54.0 cm³/mol. The highest BCUT2D eigenvalue weighted by molar-refractivity contribution is 7.89. The molecule has 0 aromatic carbocycles. The first kappa shape index (κ1) is 10.9. The summed E-state index contributed by atoms with van der Waals surface area (Å²) in [5.41, 5.74) is 8.24. The summed E-state index contributed by atoms with van der Waals surface area (Å²) in [5, 5.41) is 7.47. The number of nitrogens with zero attached hydrogens (tertiary/aromatic N) is 6. The summed E-state index contributed by atoms with van der Waals surface area (Å²) >= 11 is 0. The molecule has 0 radical (unpaired) electrons. The standard InChI is InChI=1S/C7H11N6O2S/c1-16(14,15)13-5-12-6(4-9-11-8)2-3-7(12)10-13/h5-6H,2-4H2,1H3/q+1. The van der Waals surface area contributed by atoms with Crippen molar-refractivity contribution in [3.63, 3.8) is 0 Å². The highest BCUT2D eigenvalue weighted by Crippen LogP contribution is 2.16. The van der Waals surface area contributed by atoms with Crippen LogP contribution in [-0.2, 0) is 16.4 Å². The second-order valence-electron chi connectivity index (χ2n) is 3.68. The third-order valence-corrected chi connectivity index (χ3v) is 3.38. The van der Waals surface area contributed by atoms with E-state index >= 15 is 0 Å². The molecule has 1 aliphatic rings. The van der Waals surface area contributed by atoms with Crippen molar-refractivity contribution in [1.82, 2.24) is 9.19 Å². The van der Waals surface area contributed by atoms with Gasteiger partial charge in [-0.1, -0.05) is 5.11 Å². The average molecular weight is 243 g/mol. The molecule has 1 atom stereocenters. The lowest BCUT2D eigenvalue weighted by Crippen LogP contribution is -2.37. The Hall–Kier alpha value is -1.60. The van der Waals surface area contributed by atoms with Gasteiger partial charge in [0.15, 0.2) is 0 Å². The van der Waals surface area contributed by atoms with Crippen molar-refractivity contribution in [3.8, 4) is 0 Å². The molecule has 2 rings (SSSR count). The second kappa shape index (κ2) is 3.76. The number of hydrogen-bond donors (Lipinski definition) is 0. The Morgan fingerprint density at radius 1 is 1.81 bits per heavy atom. The fraction of sp³-hybridized carbons (Fsp3) is 0.714. The zero-order valence-electron chi connectivity index (χ0n) is 8.68. The zero-order valence-corrected chi connectivity index (χ0v) is 9.50. The predicted octanol–water partition coefficient (Wildman–Crippen LogP) is -0.224. The molecular formula is C7H11N6O2S+. The number of fused-ring (bicyclic) bond motifs is 1. The van der Waals surface area contributed by atoms with Crippen LogP contribution in [0.15, 0.2) is 11.4 Å². The SMILES string of the molecule is CS(=O)(=O)n1c[n+]2c(n1)CCC2CN=[N+]=[N-]. The first-order valence-electron chi connectivity index (χ1n) is 4.73. The Morgan fingerprint density at radius 3 is 3.19 bits per heavy atom. The van der Waals surface area contributed by atoms with Gasteiger partial charge in [0, 0.05) is 11.3 Å². The Labute approximate surface area is 92.2 Å². The van der Waals surface area contributed by atoms with Crippen molar-refractivity contribution in [2.45, 2.75) is 18.9 Å². The Kier molecular flexibility index (Phi) is 2.56. The molecule has 0 N–H and O–H groups in total. The smallest absolute Gasteiger partial charge is 0.231 e. The molecule has 86 valence electrons. The molecule has 0 amide bonds. The maximum absolute atomic E-state index is 11.3. The van der Waals surface area contributed by atoms with Crippen LogP contribution in [0.1, 0.15) is 18.3 Å². The first-order chi connectivity index (χ1) is 7.52. The third kappa shape index (κ3) is 1.86. The molecule has 1 aromatic heterocycles. The highest BCUT2D eigenvalue weighted by atomic mass is 32.2. The number of hydrogen-bond acceptors (Lipinski definition) is 4. The van der Waals surface area contributed by atoms with E-state index in [1.807, 2.05) is 0 Å². The van der Waals surface area contributed by atoms with Gasteiger partial charge in [0.05, 0.1) is 23.9 Å². The number of aromatic nitrogens is 3. The van der Waals surface area contributed by atoms with E-state index in [1.165, 1.54) is 6.33 Å². The summed E-state index contributed by atoms with van der Waals surface area (Å²) in [5.74, 6) is 0.712. The van der Waals surface area contributed by atoms with Gasteiger partial charge in [-0.2, -0.15) is 8.42 Å². The van der Waals surface area contributed by atoms with Gasteiger partial charge in [-0.15, -0.1) is 0 Å². The fourth-order valence-corrected chi connectivity index (χ4v) is 2.27. The summed E-state index contributed by atoms with van der Waals surface area (Å²) in [6.45, 7) is 0.323. The van der Waals surface area contributed by atoms with Crippen LogP contribution < -0.4 is 4.57 Å². The van der Waals surface area contributed by atoms with Gasteiger partial charge < -0.3 is 0 Å². The highest BCUT2D eigenvalue weighted by Gasteiger charge is 2.32. The maximum Gasteiger partial charge on any atom is 0.309 e. The molecule has 0 saturated carbocycles. The summed E-state index contributed by atoms with van der Waals surface area (Å²) in [6, 6.07) is 0.0152. The molecule has 0 bridgehead atoms. The van der Waals surface area contributed by atoms with Crippen molar-refractivity contribution in [1.29, 1.82) is 0 Å². The molecule has 0 saturated heterocycles. The largest absolute Gasteiger partial charge is 0.309 e. The van der Waals surface area contributed by atoms with E-state index in [2.05, 4.69) is 15.1 Å². The third-order valence-electron chi connectivity index (χ3n) is 2.53. The van der Waals surface area contributed by atoms with E-state index < -0.39 is 10.0 Å². The number of rotatable bonds is 3. The van der Waals surface area contributed by atoms with Gasteiger partial charge in [-0.3, -0.25) is 0 Å². The Bertz CT molecular complexity index is 555. The normalized spacial score (nSPS) is 19.2.